The van der Waals surface area contributed by atoms with E-state index >= 15 is 8.78 Å². The highest BCUT2D eigenvalue weighted by atomic mass is 32.1. The van der Waals surface area contributed by atoms with Gasteiger partial charge in [-0.1, -0.05) is 60.7 Å². The van der Waals surface area contributed by atoms with E-state index in [1.54, 1.807) is 49.4 Å². The van der Waals surface area contributed by atoms with Crippen molar-refractivity contribution < 1.29 is 18.4 Å². The van der Waals surface area contributed by atoms with Gasteiger partial charge in [0.25, 0.3) is 5.56 Å². The van der Waals surface area contributed by atoms with Crippen molar-refractivity contribution in [2.45, 2.75) is 46.3 Å². The molecule has 3 N–H and O–H groups in total. The van der Waals surface area contributed by atoms with E-state index in [1.807, 2.05) is 32.1 Å². The zero-order chi connectivity index (χ0) is 35.1. The Kier molecular flexibility index (Phi) is 11.3. The summed E-state index contributed by atoms with van der Waals surface area (Å²) in [5.74, 6) is -1.60. The Balaban J connectivity index is 1.74. The van der Waals surface area contributed by atoms with Crippen LogP contribution < -0.4 is 27.4 Å². The fraction of sp³-hybridized carbons (Fsp3) is 0.216. The second kappa shape index (κ2) is 15.8. The Labute approximate surface area is 286 Å². The fourth-order valence-corrected chi connectivity index (χ4v) is 6.83. The van der Waals surface area contributed by atoms with Gasteiger partial charge in [-0.3, -0.25) is 14.2 Å². The lowest BCUT2D eigenvalue weighted by molar-refractivity contribution is 0.114. The number of allylic oxidation sites excluding steroid dienone is 8. The average Bonchev–Trinajstić information content (AvgIpc) is 3.24. The van der Waals surface area contributed by atoms with E-state index in [0.29, 0.717) is 27.4 Å². The number of halogens is 2. The zero-order valence-corrected chi connectivity index (χ0v) is 28.4. The monoisotopic (exact) mass is 685 g/mol. The van der Waals surface area contributed by atoms with Crippen LogP contribution in [0.25, 0.3) is 26.4 Å². The molecule has 0 bridgehead atoms. The van der Waals surface area contributed by atoms with Gasteiger partial charge in [-0.05, 0) is 74.2 Å². The highest BCUT2D eigenvalue weighted by Gasteiger charge is 2.25. The molecule has 1 atom stereocenters. The van der Waals surface area contributed by atoms with Crippen LogP contribution in [-0.4, -0.2) is 28.3 Å². The predicted molar refractivity (Wildman–Crippen MR) is 192 cm³/mol. The molecule has 1 aliphatic rings. The standard InChI is InChI=1S/C37H37F2N5O4S/c1-5-6-12-23(2)44-34(45)32-28(21-40-24(3)25-13-9-7-8-10-14-25)33(26-17-19-27(20-18-26)41-36(46)42-48-4)49-35(32)43(37(44)47)22-29-30(38)15-11-16-31(29)39/h5-9,11-20,24,40H,10,21-22H2,1-4H3,(H2,41,42,46)/b6-5-,23-12+/t24-/m0/s1. The van der Waals surface area contributed by atoms with E-state index in [9.17, 15) is 14.4 Å². The quantitative estimate of drug-likeness (QED) is 0.114. The number of fused-ring (bicyclic) bond motifs is 1. The Hall–Kier alpha value is -5.17. The van der Waals surface area contributed by atoms with Crippen molar-refractivity contribution in [2.75, 3.05) is 12.4 Å². The smallest absolute Gasteiger partial charge is 0.306 e. The number of nitrogens with one attached hydrogen (secondary N) is 3. The molecule has 0 saturated heterocycles. The molecule has 1 aliphatic carbocycles. The van der Waals surface area contributed by atoms with Crippen molar-refractivity contribution in [1.82, 2.24) is 19.9 Å². The van der Waals surface area contributed by atoms with Crippen molar-refractivity contribution in [2.24, 2.45) is 0 Å². The van der Waals surface area contributed by atoms with E-state index in [1.165, 1.54) is 29.1 Å². The summed E-state index contributed by atoms with van der Waals surface area (Å²) in [5.41, 5.74) is 3.90. The number of hydroxylamine groups is 1. The largest absolute Gasteiger partial charge is 0.343 e. The summed E-state index contributed by atoms with van der Waals surface area (Å²) in [6, 6.07) is 9.87. The number of urea groups is 1. The Morgan fingerprint density at radius 2 is 1.82 bits per heavy atom. The van der Waals surface area contributed by atoms with Crippen LogP contribution in [0.4, 0.5) is 19.3 Å². The van der Waals surface area contributed by atoms with Gasteiger partial charge in [-0.15, -0.1) is 11.3 Å². The molecule has 5 rings (SSSR count). The second-order valence-corrected chi connectivity index (χ2v) is 12.3. The summed E-state index contributed by atoms with van der Waals surface area (Å²) < 4.78 is 32.3. The highest BCUT2D eigenvalue weighted by Crippen LogP contribution is 2.38. The molecular formula is C37H37F2N5O4S. The molecule has 0 unspecified atom stereocenters. The molecule has 2 heterocycles. The lowest BCUT2D eigenvalue weighted by Gasteiger charge is -2.17. The molecule has 0 radical (unpaired) electrons. The molecule has 2 aromatic carbocycles. The summed E-state index contributed by atoms with van der Waals surface area (Å²) in [5, 5.41) is 6.47. The van der Waals surface area contributed by atoms with E-state index in [-0.39, 0.29) is 28.4 Å². The van der Waals surface area contributed by atoms with Crippen LogP contribution in [0.3, 0.4) is 0 Å². The number of nitrogens with zero attached hydrogens (tertiary/aromatic N) is 2. The molecule has 9 nitrogen and oxygen atoms in total. The van der Waals surface area contributed by atoms with Gasteiger partial charge < -0.3 is 10.6 Å². The topological polar surface area (TPSA) is 106 Å². The number of aromatic nitrogens is 2. The van der Waals surface area contributed by atoms with Crippen LogP contribution in [0, 0.1) is 11.6 Å². The zero-order valence-electron chi connectivity index (χ0n) is 27.6. The highest BCUT2D eigenvalue weighted by molar-refractivity contribution is 7.22. The number of carbonyl (C=O) groups is 1. The molecule has 12 heteroatoms. The third-order valence-electron chi connectivity index (χ3n) is 8.04. The first-order chi connectivity index (χ1) is 23.6. The molecule has 0 aliphatic heterocycles. The van der Waals surface area contributed by atoms with Gasteiger partial charge in [0.15, 0.2) is 0 Å². The molecule has 0 saturated carbocycles. The summed E-state index contributed by atoms with van der Waals surface area (Å²) in [7, 11) is 1.33. The van der Waals surface area contributed by atoms with E-state index in [2.05, 4.69) is 33.1 Å². The summed E-state index contributed by atoms with van der Waals surface area (Å²) in [6.07, 6.45) is 16.1. The number of amides is 2. The number of rotatable bonds is 11. The third-order valence-corrected chi connectivity index (χ3v) is 9.35. The van der Waals surface area contributed by atoms with Crippen LogP contribution in [0.5, 0.6) is 0 Å². The van der Waals surface area contributed by atoms with Gasteiger partial charge in [-0.25, -0.2) is 28.4 Å². The summed E-state index contributed by atoms with van der Waals surface area (Å²) in [6.45, 7) is 5.28. The maximum absolute atomic E-state index is 15.0. The number of thiophene rings is 1. The Morgan fingerprint density at radius 1 is 1.08 bits per heavy atom. The van der Waals surface area contributed by atoms with Crippen molar-refractivity contribution in [3.63, 3.8) is 0 Å². The fourth-order valence-electron chi connectivity index (χ4n) is 5.52. The predicted octanol–water partition coefficient (Wildman–Crippen LogP) is 7.26. The minimum atomic E-state index is -0.800. The molecule has 2 aromatic heterocycles. The first kappa shape index (κ1) is 35.1. The lowest BCUT2D eigenvalue weighted by Crippen LogP contribution is -2.39. The van der Waals surface area contributed by atoms with Crippen LogP contribution in [0.2, 0.25) is 0 Å². The number of anilines is 1. The van der Waals surface area contributed by atoms with Gasteiger partial charge >= 0.3 is 11.7 Å². The van der Waals surface area contributed by atoms with Crippen LogP contribution in [0.15, 0.2) is 106 Å². The van der Waals surface area contributed by atoms with Crippen molar-refractivity contribution in [1.29, 1.82) is 0 Å². The molecule has 49 heavy (non-hydrogen) atoms. The van der Waals surface area contributed by atoms with Crippen molar-refractivity contribution in [3.8, 4) is 10.4 Å². The van der Waals surface area contributed by atoms with Gasteiger partial charge in [0.1, 0.15) is 16.5 Å². The first-order valence-electron chi connectivity index (χ1n) is 15.7. The number of hydrogen-bond donors (Lipinski definition) is 3. The Morgan fingerprint density at radius 3 is 2.51 bits per heavy atom. The molecular weight excluding hydrogens is 649 g/mol. The molecule has 2 amide bonds. The van der Waals surface area contributed by atoms with E-state index < -0.39 is 35.5 Å². The third kappa shape index (κ3) is 7.78. The number of benzene rings is 2. The molecule has 254 valence electrons. The second-order valence-electron chi connectivity index (χ2n) is 11.3. The minimum Gasteiger partial charge on any atom is -0.306 e. The van der Waals surface area contributed by atoms with Crippen LogP contribution in [-0.2, 0) is 17.9 Å². The summed E-state index contributed by atoms with van der Waals surface area (Å²) >= 11 is 1.19. The van der Waals surface area contributed by atoms with Gasteiger partial charge in [0.05, 0.1) is 19.0 Å². The van der Waals surface area contributed by atoms with E-state index in [0.717, 1.165) is 28.7 Å². The van der Waals surface area contributed by atoms with Crippen LogP contribution >= 0.6 is 11.3 Å². The molecule has 0 fully saturated rings. The molecule has 4 aromatic rings. The normalized spacial score (nSPS) is 13.9. The maximum Gasteiger partial charge on any atom is 0.343 e. The summed E-state index contributed by atoms with van der Waals surface area (Å²) in [4.78, 5) is 46.2. The van der Waals surface area contributed by atoms with Gasteiger partial charge in [0, 0.05) is 34.4 Å². The van der Waals surface area contributed by atoms with Crippen molar-refractivity contribution in [3.05, 3.63) is 140 Å². The Bertz CT molecular complexity index is 2120. The molecule has 0 spiro atoms. The SMILES string of the molecule is C/C=C\C=C(/C)n1c(=O)c2c(CN[C@@H](C)C3=CCC=CC=C3)c(-c3ccc(NC(=O)NOC)cc3)sc2n(Cc2c(F)cccc2F)c1=O. The lowest BCUT2D eigenvalue weighted by atomic mass is 10.0. The van der Waals surface area contributed by atoms with E-state index in [4.69, 9.17) is 0 Å². The van der Waals surface area contributed by atoms with Gasteiger partial charge in [-0.2, -0.15) is 0 Å². The minimum absolute atomic E-state index is 0.0956. The van der Waals surface area contributed by atoms with Crippen LogP contribution in [0.1, 0.15) is 38.3 Å². The first-order valence-corrected chi connectivity index (χ1v) is 16.5. The van der Waals surface area contributed by atoms with Crippen molar-refractivity contribution >= 4 is 39.0 Å². The van der Waals surface area contributed by atoms with Gasteiger partial charge in [0.2, 0.25) is 0 Å². The maximum atomic E-state index is 15.0. The number of carbonyl (C=O) groups excluding carboxylic acids is 1. The average molecular weight is 686 g/mol. The number of hydrogen-bond acceptors (Lipinski definition) is 6.